The number of nitrogens with zero attached hydrogens (tertiary/aromatic N) is 3. The number of nitrogens with one attached hydrogen (secondary N) is 1. The molecule has 0 saturated heterocycles. The van der Waals surface area contributed by atoms with Gasteiger partial charge in [-0.15, -0.1) is 0 Å². The Morgan fingerprint density at radius 3 is 3.15 bits per heavy atom. The molecule has 2 aromatic rings. The number of hydrogen-bond donors (Lipinski definition) is 1. The van der Waals surface area contributed by atoms with E-state index in [0.29, 0.717) is 6.04 Å². The van der Waals surface area contributed by atoms with Crippen LogP contribution in [0.25, 0.3) is 11.0 Å². The monoisotopic (exact) mass is 174 g/mol. The van der Waals surface area contributed by atoms with Crippen LogP contribution < -0.4 is 5.32 Å². The third-order valence-electron chi connectivity index (χ3n) is 2.60. The molecule has 4 nitrogen and oxygen atoms in total. The van der Waals surface area contributed by atoms with E-state index in [2.05, 4.69) is 28.4 Å². The van der Waals surface area contributed by atoms with Gasteiger partial charge in [0.2, 0.25) is 0 Å². The molecule has 66 valence electrons. The molecule has 2 aromatic heterocycles. The first kappa shape index (κ1) is 6.88. The summed E-state index contributed by atoms with van der Waals surface area (Å²) in [7, 11) is 2.01. The van der Waals surface area contributed by atoms with Crippen LogP contribution in [0.3, 0.4) is 0 Å². The Balaban J connectivity index is 2.52. The van der Waals surface area contributed by atoms with Crippen LogP contribution >= 0.6 is 0 Å². The maximum absolute atomic E-state index is 4.25. The van der Waals surface area contributed by atoms with Crippen molar-refractivity contribution in [2.24, 2.45) is 7.05 Å². The lowest BCUT2D eigenvalue weighted by Crippen LogP contribution is -2.01. The minimum atomic E-state index is 0.357. The van der Waals surface area contributed by atoms with Crippen LogP contribution in [0.1, 0.15) is 18.5 Å². The predicted octanol–water partition coefficient (Wildman–Crippen LogP) is 1.45. The standard InChI is InChI=1S/C9H10N4/c1-5-6-3-13(2)9-7(6)8(12-5)10-4-11-9/h3-5H,1-2H3,(H,10,11,12). The zero-order valence-electron chi connectivity index (χ0n) is 7.57. The summed E-state index contributed by atoms with van der Waals surface area (Å²) in [6.45, 7) is 2.14. The average molecular weight is 174 g/mol. The van der Waals surface area contributed by atoms with Crippen LogP contribution in [-0.4, -0.2) is 14.5 Å². The lowest BCUT2D eigenvalue weighted by Gasteiger charge is -2.05. The van der Waals surface area contributed by atoms with Crippen LogP contribution in [0.2, 0.25) is 0 Å². The van der Waals surface area contributed by atoms with E-state index in [9.17, 15) is 0 Å². The molecule has 0 fully saturated rings. The van der Waals surface area contributed by atoms with E-state index in [-0.39, 0.29) is 0 Å². The van der Waals surface area contributed by atoms with Crippen LogP contribution in [0.4, 0.5) is 5.82 Å². The van der Waals surface area contributed by atoms with Gasteiger partial charge >= 0.3 is 0 Å². The third-order valence-corrected chi connectivity index (χ3v) is 2.60. The zero-order valence-corrected chi connectivity index (χ0v) is 7.57. The van der Waals surface area contributed by atoms with Crippen LogP contribution in [-0.2, 0) is 7.05 Å². The fourth-order valence-electron chi connectivity index (χ4n) is 1.96. The fraction of sp³-hybridized carbons (Fsp3) is 0.333. The van der Waals surface area contributed by atoms with E-state index >= 15 is 0 Å². The molecule has 4 heteroatoms. The molecule has 0 saturated carbocycles. The summed E-state index contributed by atoms with van der Waals surface area (Å²) in [5.41, 5.74) is 2.31. The molecule has 0 spiro atoms. The van der Waals surface area contributed by atoms with E-state index < -0.39 is 0 Å². The van der Waals surface area contributed by atoms with E-state index in [1.807, 2.05) is 11.6 Å². The molecule has 1 unspecified atom stereocenters. The van der Waals surface area contributed by atoms with E-state index in [1.165, 1.54) is 10.9 Å². The molecule has 13 heavy (non-hydrogen) atoms. The Bertz CT molecular complexity index is 486. The summed E-state index contributed by atoms with van der Waals surface area (Å²) < 4.78 is 2.05. The summed E-state index contributed by atoms with van der Waals surface area (Å²) >= 11 is 0. The quantitative estimate of drug-likeness (QED) is 0.657. The highest BCUT2D eigenvalue weighted by Gasteiger charge is 2.24. The van der Waals surface area contributed by atoms with Crippen LogP contribution in [0.15, 0.2) is 12.5 Å². The molecule has 0 amide bonds. The molecule has 1 aliphatic rings. The molecule has 3 rings (SSSR count). The third kappa shape index (κ3) is 0.703. The van der Waals surface area contributed by atoms with Crippen molar-refractivity contribution < 1.29 is 0 Å². The second-order valence-electron chi connectivity index (χ2n) is 3.48. The normalized spacial score (nSPS) is 19.4. The van der Waals surface area contributed by atoms with Gasteiger partial charge in [0.1, 0.15) is 17.8 Å². The summed E-state index contributed by atoms with van der Waals surface area (Å²) in [4.78, 5) is 8.45. The maximum atomic E-state index is 4.25. The predicted molar refractivity (Wildman–Crippen MR) is 50.5 cm³/mol. The van der Waals surface area contributed by atoms with Crippen molar-refractivity contribution in [3.05, 3.63) is 18.1 Å². The van der Waals surface area contributed by atoms with E-state index in [1.54, 1.807) is 6.33 Å². The summed E-state index contributed by atoms with van der Waals surface area (Å²) in [5, 5.41) is 4.49. The van der Waals surface area contributed by atoms with Crippen molar-refractivity contribution >= 4 is 16.9 Å². The SMILES string of the molecule is CC1Nc2ncnc3c2c1cn3C. The Morgan fingerprint density at radius 2 is 2.31 bits per heavy atom. The van der Waals surface area contributed by atoms with Crippen molar-refractivity contribution in [2.75, 3.05) is 5.32 Å². The number of hydrogen-bond acceptors (Lipinski definition) is 3. The molecule has 0 radical (unpaired) electrons. The molecule has 1 atom stereocenters. The Labute approximate surface area is 75.6 Å². The molecule has 0 aromatic carbocycles. The van der Waals surface area contributed by atoms with Gasteiger partial charge in [-0.05, 0) is 6.92 Å². The van der Waals surface area contributed by atoms with Gasteiger partial charge in [0.05, 0.1) is 11.4 Å². The Kier molecular flexibility index (Phi) is 1.07. The van der Waals surface area contributed by atoms with Gasteiger partial charge in [-0.3, -0.25) is 0 Å². The Morgan fingerprint density at radius 1 is 1.46 bits per heavy atom. The maximum Gasteiger partial charge on any atom is 0.145 e. The van der Waals surface area contributed by atoms with Crippen molar-refractivity contribution in [1.29, 1.82) is 0 Å². The van der Waals surface area contributed by atoms with Gasteiger partial charge in [0.15, 0.2) is 0 Å². The topological polar surface area (TPSA) is 42.7 Å². The van der Waals surface area contributed by atoms with Gasteiger partial charge in [0, 0.05) is 18.8 Å². The summed E-state index contributed by atoms with van der Waals surface area (Å²) in [6, 6.07) is 0.357. The highest BCUT2D eigenvalue weighted by molar-refractivity contribution is 5.94. The first-order chi connectivity index (χ1) is 6.27. The highest BCUT2D eigenvalue weighted by Crippen LogP contribution is 2.37. The average Bonchev–Trinajstić information content (AvgIpc) is 2.59. The van der Waals surface area contributed by atoms with Crippen LogP contribution in [0.5, 0.6) is 0 Å². The zero-order chi connectivity index (χ0) is 9.00. The van der Waals surface area contributed by atoms with Crippen molar-refractivity contribution in [3.8, 4) is 0 Å². The number of rotatable bonds is 0. The minimum absolute atomic E-state index is 0.357. The molecule has 1 aliphatic heterocycles. The van der Waals surface area contributed by atoms with E-state index in [4.69, 9.17) is 0 Å². The van der Waals surface area contributed by atoms with Gasteiger partial charge in [0.25, 0.3) is 0 Å². The first-order valence-corrected chi connectivity index (χ1v) is 4.34. The smallest absolute Gasteiger partial charge is 0.145 e. The van der Waals surface area contributed by atoms with Crippen molar-refractivity contribution in [1.82, 2.24) is 14.5 Å². The van der Waals surface area contributed by atoms with Gasteiger partial charge in [-0.2, -0.15) is 0 Å². The first-order valence-electron chi connectivity index (χ1n) is 4.34. The second-order valence-corrected chi connectivity index (χ2v) is 3.48. The van der Waals surface area contributed by atoms with Gasteiger partial charge in [-0.1, -0.05) is 0 Å². The Hall–Kier alpha value is -1.58. The fourth-order valence-corrected chi connectivity index (χ4v) is 1.96. The lowest BCUT2D eigenvalue weighted by molar-refractivity contribution is 0.869. The molecule has 0 bridgehead atoms. The lowest BCUT2D eigenvalue weighted by atomic mass is 10.2. The number of aromatic nitrogens is 3. The number of aryl methyl sites for hydroxylation is 1. The van der Waals surface area contributed by atoms with E-state index in [0.717, 1.165) is 11.5 Å². The van der Waals surface area contributed by atoms with Crippen molar-refractivity contribution in [2.45, 2.75) is 13.0 Å². The van der Waals surface area contributed by atoms with Gasteiger partial charge in [-0.25, -0.2) is 9.97 Å². The summed E-state index contributed by atoms with van der Waals surface area (Å²) in [5.74, 6) is 0.966. The van der Waals surface area contributed by atoms with Crippen LogP contribution in [0, 0.1) is 0 Å². The second kappa shape index (κ2) is 2.02. The summed E-state index contributed by atoms with van der Waals surface area (Å²) in [6.07, 6.45) is 3.72. The molecular formula is C9H10N4. The molecule has 3 heterocycles. The molecule has 1 N–H and O–H groups in total. The number of anilines is 1. The largest absolute Gasteiger partial charge is 0.363 e. The molecule has 0 aliphatic carbocycles. The molecular weight excluding hydrogens is 164 g/mol. The van der Waals surface area contributed by atoms with Gasteiger partial charge < -0.3 is 9.88 Å². The minimum Gasteiger partial charge on any atom is -0.363 e. The van der Waals surface area contributed by atoms with Crippen molar-refractivity contribution in [3.63, 3.8) is 0 Å². The highest BCUT2D eigenvalue weighted by atomic mass is 15.1.